The molecule has 8 heteroatoms. The van der Waals surface area contributed by atoms with Crippen LogP contribution < -0.4 is 0 Å². The lowest BCUT2D eigenvalue weighted by atomic mass is 10.1. The summed E-state index contributed by atoms with van der Waals surface area (Å²) in [6.07, 6.45) is 1.96. The molecular formula is C15H19N5O3. The van der Waals surface area contributed by atoms with E-state index in [9.17, 15) is 9.90 Å². The second-order valence-corrected chi connectivity index (χ2v) is 6.09. The smallest absolute Gasteiger partial charge is 0.275 e. The molecule has 0 spiro atoms. The van der Waals surface area contributed by atoms with Gasteiger partial charge in [-0.15, -0.1) is 0 Å². The highest BCUT2D eigenvalue weighted by Gasteiger charge is 2.29. The number of fused-ring (bicyclic) bond motifs is 2. The molecule has 1 aliphatic heterocycles. The normalized spacial score (nSPS) is 17.9. The van der Waals surface area contributed by atoms with Crippen molar-refractivity contribution < 1.29 is 15.0 Å². The van der Waals surface area contributed by atoms with E-state index < -0.39 is 6.10 Å². The van der Waals surface area contributed by atoms with Crippen molar-refractivity contribution in [3.05, 3.63) is 34.4 Å². The molecule has 0 fully saturated rings. The van der Waals surface area contributed by atoms with E-state index in [0.29, 0.717) is 31.0 Å². The molecular weight excluding hydrogens is 298 g/mol. The van der Waals surface area contributed by atoms with Crippen molar-refractivity contribution in [1.29, 1.82) is 0 Å². The third-order valence-electron chi connectivity index (χ3n) is 4.63. The Labute approximate surface area is 132 Å². The summed E-state index contributed by atoms with van der Waals surface area (Å²) in [7, 11) is 0. The first-order valence-corrected chi connectivity index (χ1v) is 7.88. The number of carbonyl (C=O) groups is 1. The quantitative estimate of drug-likeness (QED) is 0.725. The summed E-state index contributed by atoms with van der Waals surface area (Å²) in [5.74, 6) is -0.0545. The molecule has 2 aromatic rings. The molecule has 2 aliphatic rings. The maximum absolute atomic E-state index is 12.8. The zero-order valence-electron chi connectivity index (χ0n) is 12.7. The molecule has 1 unspecified atom stereocenters. The van der Waals surface area contributed by atoms with Crippen LogP contribution in [0.3, 0.4) is 0 Å². The number of aliphatic hydroxyl groups excluding tert-OH is 2. The predicted molar refractivity (Wildman–Crippen MR) is 79.6 cm³/mol. The van der Waals surface area contributed by atoms with E-state index in [4.69, 9.17) is 5.11 Å². The number of hydrogen-bond donors (Lipinski definition) is 3. The van der Waals surface area contributed by atoms with E-state index in [1.54, 1.807) is 15.6 Å². The first-order valence-electron chi connectivity index (χ1n) is 7.88. The fraction of sp³-hybridized carbons (Fsp3) is 0.533. The zero-order valence-corrected chi connectivity index (χ0v) is 12.7. The van der Waals surface area contributed by atoms with Gasteiger partial charge in [-0.2, -0.15) is 10.2 Å². The summed E-state index contributed by atoms with van der Waals surface area (Å²) < 4.78 is 1.78. The molecule has 0 saturated heterocycles. The second kappa shape index (κ2) is 5.47. The Hall–Kier alpha value is -2.19. The molecule has 0 bridgehead atoms. The molecule has 0 aromatic carbocycles. The lowest BCUT2D eigenvalue weighted by molar-refractivity contribution is 0.0697. The predicted octanol–water partition coefficient (Wildman–Crippen LogP) is -0.223. The van der Waals surface area contributed by atoms with E-state index in [1.807, 2.05) is 0 Å². The monoisotopic (exact) mass is 317 g/mol. The summed E-state index contributed by atoms with van der Waals surface area (Å²) >= 11 is 0. The minimum Gasteiger partial charge on any atom is -0.393 e. The van der Waals surface area contributed by atoms with Crippen LogP contribution in [0.4, 0.5) is 0 Å². The topological polar surface area (TPSA) is 107 Å². The van der Waals surface area contributed by atoms with E-state index in [0.717, 1.165) is 36.2 Å². The van der Waals surface area contributed by atoms with Crippen molar-refractivity contribution >= 4 is 5.91 Å². The van der Waals surface area contributed by atoms with Crippen LogP contribution in [0.5, 0.6) is 0 Å². The van der Waals surface area contributed by atoms with Gasteiger partial charge in [0.25, 0.3) is 5.91 Å². The Bertz CT molecular complexity index is 750. The van der Waals surface area contributed by atoms with Gasteiger partial charge < -0.3 is 15.1 Å². The number of aromatic amines is 1. The first-order chi connectivity index (χ1) is 11.2. The van der Waals surface area contributed by atoms with Crippen molar-refractivity contribution in [2.45, 2.75) is 38.5 Å². The van der Waals surface area contributed by atoms with Gasteiger partial charge in [-0.05, 0) is 25.3 Å². The number of H-pyrrole nitrogens is 1. The summed E-state index contributed by atoms with van der Waals surface area (Å²) in [5.41, 5.74) is 3.99. The average molecular weight is 317 g/mol. The van der Waals surface area contributed by atoms with Crippen LogP contribution in [0.15, 0.2) is 6.07 Å². The average Bonchev–Trinajstić information content (AvgIpc) is 3.26. The molecule has 0 radical (unpaired) electrons. The largest absolute Gasteiger partial charge is 0.393 e. The fourth-order valence-electron chi connectivity index (χ4n) is 3.36. The first kappa shape index (κ1) is 14.4. The van der Waals surface area contributed by atoms with Crippen molar-refractivity contribution in [2.75, 3.05) is 13.2 Å². The number of aromatic nitrogens is 4. The van der Waals surface area contributed by atoms with Crippen molar-refractivity contribution in [2.24, 2.45) is 0 Å². The van der Waals surface area contributed by atoms with Gasteiger partial charge in [0.05, 0.1) is 31.1 Å². The standard InChI is InChI=1S/C15H19N5O3/c21-8-13(22)12-6-9-7-19(4-5-20(9)18-12)15(23)14-10-2-1-3-11(10)16-17-14/h6,13,21-22H,1-5,7-8H2,(H,16,17). The number of aliphatic hydroxyl groups is 2. The van der Waals surface area contributed by atoms with Gasteiger partial charge in [0, 0.05) is 17.8 Å². The number of nitrogens with zero attached hydrogens (tertiary/aromatic N) is 4. The summed E-state index contributed by atoms with van der Waals surface area (Å²) in [6, 6.07) is 1.75. The van der Waals surface area contributed by atoms with E-state index >= 15 is 0 Å². The Kier molecular flexibility index (Phi) is 3.42. The SMILES string of the molecule is O=C(c1n[nH]c2c1CCC2)N1CCn2nc(C(O)CO)cc2C1. The third-order valence-corrected chi connectivity index (χ3v) is 4.63. The number of amides is 1. The van der Waals surface area contributed by atoms with Crippen LogP contribution >= 0.6 is 0 Å². The van der Waals surface area contributed by atoms with Gasteiger partial charge in [0.1, 0.15) is 6.10 Å². The van der Waals surface area contributed by atoms with E-state index in [-0.39, 0.29) is 12.5 Å². The molecule has 8 nitrogen and oxygen atoms in total. The van der Waals surface area contributed by atoms with E-state index in [2.05, 4.69) is 15.3 Å². The molecule has 3 N–H and O–H groups in total. The summed E-state index contributed by atoms with van der Waals surface area (Å²) in [5, 5.41) is 30.2. The molecule has 1 aliphatic carbocycles. The fourth-order valence-corrected chi connectivity index (χ4v) is 3.36. The van der Waals surface area contributed by atoms with Crippen molar-refractivity contribution in [3.8, 4) is 0 Å². The Morgan fingerprint density at radius 3 is 3.09 bits per heavy atom. The number of rotatable bonds is 3. The Morgan fingerprint density at radius 2 is 2.26 bits per heavy atom. The molecule has 3 heterocycles. The Morgan fingerprint density at radius 1 is 1.39 bits per heavy atom. The van der Waals surface area contributed by atoms with Crippen LogP contribution in [-0.4, -0.2) is 54.1 Å². The van der Waals surface area contributed by atoms with Crippen LogP contribution in [0.25, 0.3) is 0 Å². The van der Waals surface area contributed by atoms with Crippen molar-refractivity contribution in [3.63, 3.8) is 0 Å². The minimum absolute atomic E-state index is 0.0545. The third kappa shape index (κ3) is 2.34. The maximum Gasteiger partial charge on any atom is 0.275 e. The minimum atomic E-state index is -0.980. The molecule has 2 aromatic heterocycles. The molecule has 122 valence electrons. The summed E-state index contributed by atoms with van der Waals surface area (Å²) in [6.45, 7) is 1.21. The van der Waals surface area contributed by atoms with Crippen molar-refractivity contribution in [1.82, 2.24) is 24.9 Å². The molecule has 1 amide bonds. The van der Waals surface area contributed by atoms with Gasteiger partial charge in [-0.3, -0.25) is 14.6 Å². The highest BCUT2D eigenvalue weighted by Crippen LogP contribution is 2.25. The van der Waals surface area contributed by atoms with Gasteiger partial charge >= 0.3 is 0 Å². The van der Waals surface area contributed by atoms with Crippen LogP contribution in [-0.2, 0) is 25.9 Å². The van der Waals surface area contributed by atoms with Gasteiger partial charge in [-0.25, -0.2) is 0 Å². The number of nitrogens with one attached hydrogen (secondary N) is 1. The molecule has 0 saturated carbocycles. The Balaban J connectivity index is 1.55. The van der Waals surface area contributed by atoms with Crippen LogP contribution in [0.2, 0.25) is 0 Å². The van der Waals surface area contributed by atoms with Gasteiger partial charge in [0.2, 0.25) is 0 Å². The molecule has 4 rings (SSSR count). The zero-order chi connectivity index (χ0) is 16.0. The number of carbonyl (C=O) groups excluding carboxylic acids is 1. The summed E-state index contributed by atoms with van der Waals surface area (Å²) in [4.78, 5) is 14.5. The van der Waals surface area contributed by atoms with Gasteiger partial charge in [0.15, 0.2) is 5.69 Å². The highest BCUT2D eigenvalue weighted by atomic mass is 16.3. The molecule has 23 heavy (non-hydrogen) atoms. The second-order valence-electron chi connectivity index (χ2n) is 6.09. The number of aryl methyl sites for hydroxylation is 1. The van der Waals surface area contributed by atoms with Crippen LogP contribution in [0.1, 0.15) is 45.7 Å². The number of hydrogen-bond acceptors (Lipinski definition) is 5. The lowest BCUT2D eigenvalue weighted by Crippen LogP contribution is -2.38. The van der Waals surface area contributed by atoms with Gasteiger partial charge in [-0.1, -0.05) is 0 Å². The highest BCUT2D eigenvalue weighted by molar-refractivity contribution is 5.94. The molecule has 1 atom stereocenters. The van der Waals surface area contributed by atoms with E-state index in [1.165, 1.54) is 0 Å². The van der Waals surface area contributed by atoms with Crippen LogP contribution in [0, 0.1) is 0 Å². The lowest BCUT2D eigenvalue weighted by Gasteiger charge is -2.27. The maximum atomic E-state index is 12.8.